The van der Waals surface area contributed by atoms with Gasteiger partial charge < -0.3 is 15.3 Å². The largest absolute Gasteiger partial charge is 0.393 e. The highest BCUT2D eigenvalue weighted by Crippen LogP contribution is 2.26. The van der Waals surface area contributed by atoms with Crippen LogP contribution in [0.2, 0.25) is 5.02 Å². The lowest BCUT2D eigenvalue weighted by atomic mass is 10.1. The molecule has 2 amide bonds. The van der Waals surface area contributed by atoms with Crippen molar-refractivity contribution in [2.75, 3.05) is 18.9 Å². The number of anilines is 1. The molecule has 1 aromatic carbocycles. The zero-order valence-corrected chi connectivity index (χ0v) is 13.6. The molecule has 2 N–H and O–H groups in total. The maximum absolute atomic E-state index is 12.1. The molecule has 0 bridgehead atoms. The fourth-order valence-corrected chi connectivity index (χ4v) is 2.87. The molecule has 1 aliphatic carbocycles. The van der Waals surface area contributed by atoms with E-state index < -0.39 is 11.8 Å². The summed E-state index contributed by atoms with van der Waals surface area (Å²) in [7, 11) is 1.58. The minimum Gasteiger partial charge on any atom is -0.393 e. The summed E-state index contributed by atoms with van der Waals surface area (Å²) in [5.41, 5.74) is 1.39. The topological polar surface area (TPSA) is 69.6 Å². The standard InChI is InChI=1S/C16H21ClN2O3/c1-10-6-7-12(8-13(10)17)18-15(21)16(22)19(2)9-11-4-3-5-14(11)20/h6-8,11,14,20H,3-5,9H2,1-2H3,(H,18,21). The molecule has 1 aliphatic rings. The number of likely N-dealkylation sites (N-methyl/N-ethyl adjacent to an activating group) is 1. The summed E-state index contributed by atoms with van der Waals surface area (Å²) in [4.78, 5) is 25.5. The summed E-state index contributed by atoms with van der Waals surface area (Å²) < 4.78 is 0. The lowest BCUT2D eigenvalue weighted by Gasteiger charge is -2.22. The summed E-state index contributed by atoms with van der Waals surface area (Å²) in [6.45, 7) is 2.25. The number of amides is 2. The van der Waals surface area contributed by atoms with Gasteiger partial charge in [0, 0.05) is 30.2 Å². The SMILES string of the molecule is Cc1ccc(NC(=O)C(=O)N(C)CC2CCCC2O)cc1Cl. The predicted molar refractivity (Wildman–Crippen MR) is 85.8 cm³/mol. The van der Waals surface area contributed by atoms with E-state index in [1.165, 1.54) is 4.90 Å². The Morgan fingerprint density at radius 1 is 1.41 bits per heavy atom. The number of aliphatic hydroxyl groups is 1. The van der Waals surface area contributed by atoms with Gasteiger partial charge in [-0.1, -0.05) is 24.1 Å². The zero-order valence-electron chi connectivity index (χ0n) is 12.8. The lowest BCUT2D eigenvalue weighted by Crippen LogP contribution is -2.40. The summed E-state index contributed by atoms with van der Waals surface area (Å²) in [6, 6.07) is 5.09. The minimum atomic E-state index is -0.699. The second-order valence-electron chi connectivity index (χ2n) is 5.86. The van der Waals surface area contributed by atoms with Crippen LogP contribution in [0.5, 0.6) is 0 Å². The first-order chi connectivity index (χ1) is 10.4. The average Bonchev–Trinajstić information content (AvgIpc) is 2.87. The Morgan fingerprint density at radius 2 is 2.14 bits per heavy atom. The fourth-order valence-electron chi connectivity index (χ4n) is 2.69. The zero-order chi connectivity index (χ0) is 16.3. The van der Waals surface area contributed by atoms with Crippen LogP contribution < -0.4 is 5.32 Å². The summed E-state index contributed by atoms with van der Waals surface area (Å²) in [5, 5.41) is 12.9. The van der Waals surface area contributed by atoms with Gasteiger partial charge in [-0.3, -0.25) is 9.59 Å². The Morgan fingerprint density at radius 3 is 2.73 bits per heavy atom. The maximum Gasteiger partial charge on any atom is 0.313 e. The highest BCUT2D eigenvalue weighted by molar-refractivity contribution is 6.39. The molecule has 0 spiro atoms. The molecule has 0 aromatic heterocycles. The van der Waals surface area contributed by atoms with Crippen LogP contribution in [-0.4, -0.2) is 41.5 Å². The summed E-state index contributed by atoms with van der Waals surface area (Å²) >= 11 is 5.99. The van der Waals surface area contributed by atoms with Gasteiger partial charge >= 0.3 is 11.8 Å². The number of nitrogens with one attached hydrogen (secondary N) is 1. The Labute approximate surface area is 135 Å². The van der Waals surface area contributed by atoms with Crippen LogP contribution in [0, 0.1) is 12.8 Å². The van der Waals surface area contributed by atoms with E-state index in [2.05, 4.69) is 5.32 Å². The first kappa shape index (κ1) is 16.8. The molecule has 120 valence electrons. The number of carbonyl (C=O) groups excluding carboxylic acids is 2. The van der Waals surface area contributed by atoms with E-state index in [1.54, 1.807) is 25.2 Å². The van der Waals surface area contributed by atoms with Gasteiger partial charge in [0.1, 0.15) is 0 Å². The monoisotopic (exact) mass is 324 g/mol. The number of aliphatic hydroxyl groups excluding tert-OH is 1. The number of rotatable bonds is 3. The van der Waals surface area contributed by atoms with Gasteiger partial charge in [-0.15, -0.1) is 0 Å². The molecule has 0 heterocycles. The summed E-state index contributed by atoms with van der Waals surface area (Å²) in [5.74, 6) is -1.26. The van der Waals surface area contributed by atoms with Gasteiger partial charge in [-0.2, -0.15) is 0 Å². The van der Waals surface area contributed by atoms with Crippen molar-refractivity contribution in [2.24, 2.45) is 5.92 Å². The molecular weight excluding hydrogens is 304 g/mol. The molecule has 0 aliphatic heterocycles. The molecule has 2 unspecified atom stereocenters. The van der Waals surface area contributed by atoms with Gasteiger partial charge in [0.2, 0.25) is 0 Å². The molecule has 6 heteroatoms. The van der Waals surface area contributed by atoms with E-state index in [9.17, 15) is 14.7 Å². The highest BCUT2D eigenvalue weighted by Gasteiger charge is 2.29. The van der Waals surface area contributed by atoms with Gasteiger partial charge in [-0.05, 0) is 37.5 Å². The van der Waals surface area contributed by atoms with Crippen LogP contribution in [0.1, 0.15) is 24.8 Å². The normalized spacial score (nSPS) is 20.7. The van der Waals surface area contributed by atoms with Crippen molar-refractivity contribution in [1.29, 1.82) is 0 Å². The number of benzene rings is 1. The van der Waals surface area contributed by atoms with Crippen LogP contribution in [0.25, 0.3) is 0 Å². The van der Waals surface area contributed by atoms with E-state index >= 15 is 0 Å². The first-order valence-corrected chi connectivity index (χ1v) is 7.77. The van der Waals surface area contributed by atoms with E-state index in [1.807, 2.05) is 6.92 Å². The van der Waals surface area contributed by atoms with Gasteiger partial charge in [-0.25, -0.2) is 0 Å². The molecule has 22 heavy (non-hydrogen) atoms. The Bertz CT molecular complexity index is 577. The van der Waals surface area contributed by atoms with Crippen LogP contribution in [0.15, 0.2) is 18.2 Å². The second kappa shape index (κ2) is 7.11. The fraction of sp³-hybridized carbons (Fsp3) is 0.500. The van der Waals surface area contributed by atoms with E-state index in [4.69, 9.17) is 11.6 Å². The van der Waals surface area contributed by atoms with Crippen LogP contribution in [0.4, 0.5) is 5.69 Å². The molecule has 1 aromatic rings. The van der Waals surface area contributed by atoms with Crippen molar-refractivity contribution in [3.63, 3.8) is 0 Å². The average molecular weight is 325 g/mol. The third kappa shape index (κ3) is 3.99. The Hall–Kier alpha value is -1.59. The molecular formula is C16H21ClN2O3. The number of halogens is 1. The van der Waals surface area contributed by atoms with Gasteiger partial charge in [0.05, 0.1) is 6.10 Å². The van der Waals surface area contributed by atoms with E-state index in [-0.39, 0.29) is 12.0 Å². The smallest absolute Gasteiger partial charge is 0.313 e. The Balaban J connectivity index is 1.93. The van der Waals surface area contributed by atoms with Crippen molar-refractivity contribution in [2.45, 2.75) is 32.3 Å². The third-order valence-corrected chi connectivity index (χ3v) is 4.51. The number of nitrogens with zero attached hydrogens (tertiary/aromatic N) is 1. The number of hydrogen-bond donors (Lipinski definition) is 2. The molecule has 0 radical (unpaired) electrons. The molecule has 2 rings (SSSR count). The molecule has 1 saturated carbocycles. The minimum absolute atomic E-state index is 0.0515. The van der Waals surface area contributed by atoms with Crippen molar-refractivity contribution in [3.05, 3.63) is 28.8 Å². The number of hydrogen-bond acceptors (Lipinski definition) is 3. The predicted octanol–water partition coefficient (Wildman–Crippen LogP) is 2.21. The van der Waals surface area contributed by atoms with Crippen LogP contribution in [0.3, 0.4) is 0 Å². The van der Waals surface area contributed by atoms with Crippen molar-refractivity contribution >= 4 is 29.1 Å². The van der Waals surface area contributed by atoms with Crippen molar-refractivity contribution < 1.29 is 14.7 Å². The highest BCUT2D eigenvalue weighted by atomic mass is 35.5. The Kier molecular flexibility index (Phi) is 5.42. The molecule has 5 nitrogen and oxygen atoms in total. The van der Waals surface area contributed by atoms with E-state index in [0.29, 0.717) is 17.3 Å². The number of carbonyl (C=O) groups is 2. The van der Waals surface area contributed by atoms with Gasteiger partial charge in [0.15, 0.2) is 0 Å². The first-order valence-electron chi connectivity index (χ1n) is 7.39. The third-order valence-electron chi connectivity index (χ3n) is 4.10. The quantitative estimate of drug-likeness (QED) is 0.837. The van der Waals surface area contributed by atoms with Gasteiger partial charge in [0.25, 0.3) is 0 Å². The van der Waals surface area contributed by atoms with Crippen LogP contribution >= 0.6 is 11.6 Å². The molecule has 0 saturated heterocycles. The lowest BCUT2D eigenvalue weighted by molar-refractivity contribution is -0.142. The van der Waals surface area contributed by atoms with Crippen LogP contribution in [-0.2, 0) is 9.59 Å². The van der Waals surface area contributed by atoms with Crippen molar-refractivity contribution in [3.8, 4) is 0 Å². The van der Waals surface area contributed by atoms with E-state index in [0.717, 1.165) is 24.8 Å². The number of aryl methyl sites for hydroxylation is 1. The molecule has 1 fully saturated rings. The molecule has 2 atom stereocenters. The maximum atomic E-state index is 12.1. The second-order valence-corrected chi connectivity index (χ2v) is 6.27. The van der Waals surface area contributed by atoms with Crippen molar-refractivity contribution in [1.82, 2.24) is 4.90 Å². The summed E-state index contributed by atoms with van der Waals surface area (Å²) in [6.07, 6.45) is 2.23.